The van der Waals surface area contributed by atoms with Gasteiger partial charge in [-0.2, -0.15) is 5.10 Å². The number of aromatic amines is 1. The summed E-state index contributed by atoms with van der Waals surface area (Å²) in [6.07, 6.45) is 5.21. The van der Waals surface area contributed by atoms with Gasteiger partial charge in [0.15, 0.2) is 0 Å². The van der Waals surface area contributed by atoms with Gasteiger partial charge in [-0.05, 0) is 55.4 Å². The highest BCUT2D eigenvalue weighted by Crippen LogP contribution is 2.34. The number of nitrogens with zero attached hydrogens (tertiary/aromatic N) is 4. The number of H-pyrrole nitrogens is 1. The molecule has 180 valence electrons. The molecule has 3 heterocycles. The molecular formula is C25H30FN5O2S. The van der Waals surface area contributed by atoms with Gasteiger partial charge >= 0.3 is 0 Å². The Hall–Kier alpha value is -2.78. The highest BCUT2D eigenvalue weighted by atomic mass is 32.2. The van der Waals surface area contributed by atoms with Crippen LogP contribution in [-0.2, 0) is 16.4 Å². The summed E-state index contributed by atoms with van der Waals surface area (Å²) in [5.74, 6) is 1.00. The van der Waals surface area contributed by atoms with Crippen molar-refractivity contribution in [3.63, 3.8) is 0 Å². The Bertz CT molecular complexity index is 1200. The molecule has 34 heavy (non-hydrogen) atoms. The van der Waals surface area contributed by atoms with E-state index < -0.39 is 15.3 Å². The Morgan fingerprint density at radius 3 is 2.53 bits per heavy atom. The minimum atomic E-state index is -3.46. The molecule has 1 N–H and O–H groups in total. The quantitative estimate of drug-likeness (QED) is 0.572. The number of anilines is 1. The maximum atomic E-state index is 15.0. The number of aromatic nitrogens is 3. The van der Waals surface area contributed by atoms with Crippen LogP contribution in [0.15, 0.2) is 54.9 Å². The summed E-state index contributed by atoms with van der Waals surface area (Å²) in [7, 11) is -3.46. The molecule has 2 aliphatic rings. The Morgan fingerprint density at radius 1 is 1.03 bits per heavy atom. The topological polar surface area (TPSA) is 82.2 Å². The molecule has 0 saturated carbocycles. The third kappa shape index (κ3) is 4.72. The molecule has 9 heteroatoms. The van der Waals surface area contributed by atoms with Gasteiger partial charge in [0, 0.05) is 37.8 Å². The van der Waals surface area contributed by atoms with Gasteiger partial charge in [-0.25, -0.2) is 22.1 Å². The van der Waals surface area contributed by atoms with Crippen molar-refractivity contribution < 1.29 is 12.8 Å². The van der Waals surface area contributed by atoms with Gasteiger partial charge in [0.25, 0.3) is 0 Å². The largest absolute Gasteiger partial charge is 0.371 e. The Labute approximate surface area is 200 Å². The molecule has 0 radical (unpaired) electrons. The Morgan fingerprint density at radius 2 is 1.82 bits per heavy atom. The van der Waals surface area contributed by atoms with E-state index in [0.717, 1.165) is 49.4 Å². The summed E-state index contributed by atoms with van der Waals surface area (Å²) >= 11 is 0. The van der Waals surface area contributed by atoms with Crippen LogP contribution in [0.25, 0.3) is 0 Å². The summed E-state index contributed by atoms with van der Waals surface area (Å²) in [4.78, 5) is 6.46. The maximum absolute atomic E-state index is 15.0. The van der Waals surface area contributed by atoms with Crippen molar-refractivity contribution in [3.8, 4) is 0 Å². The smallest absolute Gasteiger partial charge is 0.221 e. The third-order valence-electron chi connectivity index (χ3n) is 7.11. The first kappa shape index (κ1) is 23.0. The summed E-state index contributed by atoms with van der Waals surface area (Å²) in [6.45, 7) is 2.45. The molecule has 0 amide bonds. The standard InChI is InChI=1S/C25H30FN5O2S/c26-23-17-22(30-14-10-21(11-15-30)25-27-18-28-29-25)9-8-19(23)12-16-31-13-4-7-24(34(31,32)33)20-5-2-1-3-6-20/h1-3,5-6,8-9,17-18,21,24H,4,7,10-16H2,(H,27,28,29). The third-order valence-corrected chi connectivity index (χ3v) is 9.42. The van der Waals surface area contributed by atoms with E-state index in [2.05, 4.69) is 20.1 Å². The van der Waals surface area contributed by atoms with E-state index in [-0.39, 0.29) is 5.82 Å². The fourth-order valence-corrected chi connectivity index (χ4v) is 7.21. The number of halogens is 1. The maximum Gasteiger partial charge on any atom is 0.221 e. The number of benzene rings is 2. The second-order valence-corrected chi connectivity index (χ2v) is 11.3. The Kier molecular flexibility index (Phi) is 6.65. The minimum absolute atomic E-state index is 0.274. The van der Waals surface area contributed by atoms with E-state index in [1.54, 1.807) is 12.1 Å². The molecule has 2 saturated heterocycles. The normalized spacial score (nSPS) is 21.6. The lowest BCUT2D eigenvalue weighted by atomic mass is 9.95. The van der Waals surface area contributed by atoms with E-state index >= 15 is 0 Å². The summed E-state index contributed by atoms with van der Waals surface area (Å²) in [6, 6.07) is 14.7. The van der Waals surface area contributed by atoms with Crippen molar-refractivity contribution in [1.29, 1.82) is 0 Å². The first-order chi connectivity index (χ1) is 16.5. The van der Waals surface area contributed by atoms with Gasteiger partial charge in [-0.1, -0.05) is 36.4 Å². The van der Waals surface area contributed by atoms with Gasteiger partial charge < -0.3 is 4.90 Å². The van der Waals surface area contributed by atoms with E-state index in [9.17, 15) is 12.8 Å². The van der Waals surface area contributed by atoms with E-state index in [0.29, 0.717) is 37.4 Å². The fraction of sp³-hybridized carbons (Fsp3) is 0.440. The summed E-state index contributed by atoms with van der Waals surface area (Å²) < 4.78 is 42.9. The van der Waals surface area contributed by atoms with Gasteiger partial charge in [-0.15, -0.1) is 0 Å². The number of hydrogen-bond acceptors (Lipinski definition) is 5. The first-order valence-corrected chi connectivity index (χ1v) is 13.5. The number of hydrogen-bond donors (Lipinski definition) is 1. The van der Waals surface area contributed by atoms with Crippen molar-refractivity contribution in [2.75, 3.05) is 31.1 Å². The van der Waals surface area contributed by atoms with Crippen molar-refractivity contribution in [2.24, 2.45) is 0 Å². The predicted molar refractivity (Wildman–Crippen MR) is 130 cm³/mol. The van der Waals surface area contributed by atoms with E-state index in [1.165, 1.54) is 10.6 Å². The molecule has 2 aliphatic heterocycles. The lowest BCUT2D eigenvalue weighted by molar-refractivity contribution is 0.365. The van der Waals surface area contributed by atoms with Crippen molar-refractivity contribution in [3.05, 3.63) is 77.6 Å². The van der Waals surface area contributed by atoms with Crippen LogP contribution in [-0.4, -0.2) is 54.1 Å². The zero-order valence-electron chi connectivity index (χ0n) is 19.1. The van der Waals surface area contributed by atoms with Crippen LogP contribution in [0.1, 0.15) is 53.8 Å². The second-order valence-electron chi connectivity index (χ2n) is 9.14. The molecule has 5 rings (SSSR count). The molecule has 0 aliphatic carbocycles. The van der Waals surface area contributed by atoms with Crippen LogP contribution in [0.5, 0.6) is 0 Å². The predicted octanol–water partition coefficient (Wildman–Crippen LogP) is 4.04. The van der Waals surface area contributed by atoms with E-state index in [1.807, 2.05) is 36.4 Å². The highest BCUT2D eigenvalue weighted by molar-refractivity contribution is 7.89. The van der Waals surface area contributed by atoms with Crippen LogP contribution < -0.4 is 4.90 Å². The molecule has 1 atom stereocenters. The molecular weight excluding hydrogens is 453 g/mol. The molecule has 1 unspecified atom stereocenters. The molecule has 2 aromatic carbocycles. The van der Waals surface area contributed by atoms with Crippen LogP contribution in [0.4, 0.5) is 10.1 Å². The molecule has 3 aromatic rings. The Balaban J connectivity index is 1.21. The number of piperidine rings is 1. The lowest BCUT2D eigenvalue weighted by Crippen LogP contribution is -2.41. The average Bonchev–Trinajstić information content (AvgIpc) is 3.39. The van der Waals surface area contributed by atoms with Crippen LogP contribution in [0, 0.1) is 5.82 Å². The SMILES string of the molecule is O=S1(=O)C(c2ccccc2)CCCN1CCc1ccc(N2CCC(c3ncn[nH]3)CC2)cc1F. The molecule has 2 fully saturated rings. The summed E-state index contributed by atoms with van der Waals surface area (Å²) in [5, 5.41) is 6.37. The second kappa shape index (κ2) is 9.84. The average molecular weight is 484 g/mol. The lowest BCUT2D eigenvalue weighted by Gasteiger charge is -2.33. The molecule has 7 nitrogen and oxygen atoms in total. The van der Waals surface area contributed by atoms with Crippen LogP contribution in [0.2, 0.25) is 0 Å². The van der Waals surface area contributed by atoms with Gasteiger partial charge in [0.05, 0.1) is 0 Å². The number of nitrogens with one attached hydrogen (secondary N) is 1. The van der Waals surface area contributed by atoms with Crippen molar-refractivity contribution in [1.82, 2.24) is 19.5 Å². The van der Waals surface area contributed by atoms with Gasteiger partial charge in [0.2, 0.25) is 10.0 Å². The highest BCUT2D eigenvalue weighted by Gasteiger charge is 2.36. The first-order valence-electron chi connectivity index (χ1n) is 11.9. The number of sulfonamides is 1. The fourth-order valence-electron chi connectivity index (χ4n) is 5.16. The van der Waals surface area contributed by atoms with Crippen molar-refractivity contribution >= 4 is 15.7 Å². The van der Waals surface area contributed by atoms with Crippen LogP contribution in [0.3, 0.4) is 0 Å². The molecule has 1 aromatic heterocycles. The van der Waals surface area contributed by atoms with Crippen LogP contribution >= 0.6 is 0 Å². The molecule has 0 spiro atoms. The van der Waals surface area contributed by atoms with E-state index in [4.69, 9.17) is 0 Å². The van der Waals surface area contributed by atoms with Gasteiger partial charge in [0.1, 0.15) is 23.2 Å². The van der Waals surface area contributed by atoms with Crippen molar-refractivity contribution in [2.45, 2.75) is 43.3 Å². The zero-order chi connectivity index (χ0) is 23.5. The minimum Gasteiger partial charge on any atom is -0.371 e. The van der Waals surface area contributed by atoms with Gasteiger partial charge in [-0.3, -0.25) is 5.10 Å². The monoisotopic (exact) mass is 483 g/mol. The summed E-state index contributed by atoms with van der Waals surface area (Å²) in [5.41, 5.74) is 2.25. The number of rotatable bonds is 6. The molecule has 0 bridgehead atoms. The zero-order valence-corrected chi connectivity index (χ0v) is 19.9.